The van der Waals surface area contributed by atoms with E-state index in [-0.39, 0.29) is 0 Å². The highest BCUT2D eigenvalue weighted by molar-refractivity contribution is 5.49. The number of anilines is 2. The summed E-state index contributed by atoms with van der Waals surface area (Å²) in [6.45, 7) is 7.26. The Kier molecular flexibility index (Phi) is 6.12. The molecule has 0 amide bonds. The van der Waals surface area contributed by atoms with E-state index in [9.17, 15) is 0 Å². The molecule has 7 heteroatoms. The first kappa shape index (κ1) is 18.3. The molecule has 0 spiro atoms. The molecule has 26 heavy (non-hydrogen) atoms. The minimum absolute atomic E-state index is 0.555. The van der Waals surface area contributed by atoms with Crippen LogP contribution in [0.5, 0.6) is 11.5 Å². The van der Waals surface area contributed by atoms with Gasteiger partial charge in [0, 0.05) is 32.2 Å². The third-order valence-corrected chi connectivity index (χ3v) is 4.39. The van der Waals surface area contributed by atoms with Gasteiger partial charge >= 0.3 is 0 Å². The van der Waals surface area contributed by atoms with Crippen molar-refractivity contribution in [3.8, 4) is 11.5 Å². The first-order valence-electron chi connectivity index (χ1n) is 8.94. The van der Waals surface area contributed by atoms with Crippen molar-refractivity contribution in [1.29, 1.82) is 0 Å². The summed E-state index contributed by atoms with van der Waals surface area (Å²) in [5.41, 5.74) is 0. The number of likely N-dealkylation sites (N-methyl/N-ethyl adjacent to an activating group) is 1. The maximum Gasteiger partial charge on any atom is 0.134 e. The molecular formula is C19H27N5O2. The molecule has 1 fully saturated rings. The second-order valence-corrected chi connectivity index (χ2v) is 6.40. The van der Waals surface area contributed by atoms with Crippen LogP contribution in [0, 0.1) is 6.92 Å². The van der Waals surface area contributed by atoms with Gasteiger partial charge < -0.3 is 24.6 Å². The lowest BCUT2D eigenvalue weighted by molar-refractivity contribution is 0.312. The van der Waals surface area contributed by atoms with Gasteiger partial charge in [-0.1, -0.05) is 0 Å². The third kappa shape index (κ3) is 4.98. The fourth-order valence-corrected chi connectivity index (χ4v) is 2.86. The fourth-order valence-electron chi connectivity index (χ4n) is 2.86. The first-order chi connectivity index (χ1) is 12.6. The Labute approximate surface area is 155 Å². The van der Waals surface area contributed by atoms with E-state index in [0.29, 0.717) is 13.2 Å². The van der Waals surface area contributed by atoms with E-state index in [4.69, 9.17) is 9.47 Å². The maximum atomic E-state index is 5.74. The molecule has 1 aliphatic heterocycles. The van der Waals surface area contributed by atoms with Crippen molar-refractivity contribution < 1.29 is 9.47 Å². The third-order valence-electron chi connectivity index (χ3n) is 4.39. The minimum atomic E-state index is 0.555. The van der Waals surface area contributed by atoms with Crippen LogP contribution in [0.15, 0.2) is 30.3 Å². The van der Waals surface area contributed by atoms with Crippen LogP contribution in [0.2, 0.25) is 0 Å². The quantitative estimate of drug-likeness (QED) is 0.761. The van der Waals surface area contributed by atoms with Crippen LogP contribution in [0.3, 0.4) is 0 Å². The summed E-state index contributed by atoms with van der Waals surface area (Å²) in [6, 6.07) is 9.60. The molecule has 1 aliphatic rings. The largest absolute Gasteiger partial charge is 0.497 e. The molecule has 3 rings (SSSR count). The molecule has 1 N–H and O–H groups in total. The van der Waals surface area contributed by atoms with Crippen molar-refractivity contribution in [3.05, 3.63) is 36.2 Å². The molecule has 1 saturated heterocycles. The molecule has 0 saturated carbocycles. The minimum Gasteiger partial charge on any atom is -0.497 e. The zero-order valence-corrected chi connectivity index (χ0v) is 15.7. The number of nitrogens with one attached hydrogen (secondary N) is 1. The number of hydrogen-bond acceptors (Lipinski definition) is 7. The van der Waals surface area contributed by atoms with Crippen molar-refractivity contribution in [2.75, 3.05) is 63.7 Å². The van der Waals surface area contributed by atoms with Crippen LogP contribution in [-0.2, 0) is 0 Å². The van der Waals surface area contributed by atoms with Gasteiger partial charge in [0.1, 0.15) is 35.6 Å². The van der Waals surface area contributed by atoms with E-state index in [1.807, 2.05) is 37.3 Å². The van der Waals surface area contributed by atoms with Gasteiger partial charge in [-0.3, -0.25) is 0 Å². The maximum absolute atomic E-state index is 5.74. The number of piperazine rings is 1. The summed E-state index contributed by atoms with van der Waals surface area (Å²) >= 11 is 0. The van der Waals surface area contributed by atoms with Gasteiger partial charge in [0.15, 0.2) is 0 Å². The Bertz CT molecular complexity index is 700. The molecule has 0 aliphatic carbocycles. The lowest BCUT2D eigenvalue weighted by Gasteiger charge is -2.33. The van der Waals surface area contributed by atoms with Crippen LogP contribution < -0.4 is 19.7 Å². The van der Waals surface area contributed by atoms with Gasteiger partial charge in [-0.2, -0.15) is 0 Å². The standard InChI is InChI=1S/C19H27N5O2/c1-15-21-18(14-19(22-15)24-11-9-23(2)10-12-24)20-8-13-26-17-6-4-16(25-3)5-7-17/h4-7,14H,8-13H2,1-3H3,(H,20,21,22). The molecule has 140 valence electrons. The van der Waals surface area contributed by atoms with Crippen molar-refractivity contribution in [2.45, 2.75) is 6.92 Å². The Morgan fingerprint density at radius 3 is 2.42 bits per heavy atom. The number of aromatic nitrogens is 2. The lowest BCUT2D eigenvalue weighted by atomic mass is 10.3. The Morgan fingerprint density at radius 2 is 1.73 bits per heavy atom. The Morgan fingerprint density at radius 1 is 1.04 bits per heavy atom. The number of methoxy groups -OCH3 is 1. The number of ether oxygens (including phenoxy) is 2. The van der Waals surface area contributed by atoms with Crippen LogP contribution in [0.25, 0.3) is 0 Å². The lowest BCUT2D eigenvalue weighted by Crippen LogP contribution is -2.44. The zero-order chi connectivity index (χ0) is 18.4. The van der Waals surface area contributed by atoms with Crippen molar-refractivity contribution in [1.82, 2.24) is 14.9 Å². The van der Waals surface area contributed by atoms with Crippen molar-refractivity contribution in [3.63, 3.8) is 0 Å². The van der Waals surface area contributed by atoms with Gasteiger partial charge in [0.25, 0.3) is 0 Å². The van der Waals surface area contributed by atoms with Crippen LogP contribution in [0.4, 0.5) is 11.6 Å². The molecule has 0 bridgehead atoms. The summed E-state index contributed by atoms with van der Waals surface area (Å²) in [5, 5.41) is 3.33. The average molecular weight is 357 g/mol. The summed E-state index contributed by atoms with van der Waals surface area (Å²) in [5.74, 6) is 4.25. The molecule has 2 heterocycles. The van der Waals surface area contributed by atoms with Crippen LogP contribution >= 0.6 is 0 Å². The molecular weight excluding hydrogens is 330 g/mol. The normalized spacial score (nSPS) is 15.0. The van der Waals surface area contributed by atoms with Gasteiger partial charge in [-0.25, -0.2) is 9.97 Å². The van der Waals surface area contributed by atoms with E-state index in [1.165, 1.54) is 0 Å². The predicted octanol–water partition coefficient (Wildman–Crippen LogP) is 2.04. The second-order valence-electron chi connectivity index (χ2n) is 6.40. The molecule has 7 nitrogen and oxygen atoms in total. The SMILES string of the molecule is COc1ccc(OCCNc2cc(N3CCN(C)CC3)nc(C)n2)cc1. The van der Waals surface area contributed by atoms with Gasteiger partial charge in [-0.15, -0.1) is 0 Å². The fraction of sp³-hybridized carbons (Fsp3) is 0.474. The average Bonchev–Trinajstić information content (AvgIpc) is 2.66. The molecule has 0 atom stereocenters. The number of nitrogens with zero attached hydrogens (tertiary/aromatic N) is 4. The van der Waals surface area contributed by atoms with Gasteiger partial charge in [-0.05, 0) is 38.2 Å². The predicted molar refractivity (Wildman–Crippen MR) is 103 cm³/mol. The van der Waals surface area contributed by atoms with E-state index >= 15 is 0 Å². The molecule has 0 radical (unpaired) electrons. The number of benzene rings is 1. The monoisotopic (exact) mass is 357 g/mol. The molecule has 1 aromatic heterocycles. The smallest absolute Gasteiger partial charge is 0.134 e. The number of aryl methyl sites for hydroxylation is 1. The van der Waals surface area contributed by atoms with E-state index in [0.717, 1.165) is 55.1 Å². The Balaban J connectivity index is 1.51. The first-order valence-corrected chi connectivity index (χ1v) is 8.94. The highest BCUT2D eigenvalue weighted by Gasteiger charge is 2.16. The van der Waals surface area contributed by atoms with Crippen LogP contribution in [0.1, 0.15) is 5.82 Å². The number of rotatable bonds is 7. The van der Waals surface area contributed by atoms with Gasteiger partial charge in [0.2, 0.25) is 0 Å². The highest BCUT2D eigenvalue weighted by Crippen LogP contribution is 2.18. The van der Waals surface area contributed by atoms with Crippen molar-refractivity contribution >= 4 is 11.6 Å². The molecule has 1 aromatic carbocycles. The second kappa shape index (κ2) is 8.71. The van der Waals surface area contributed by atoms with E-state index < -0.39 is 0 Å². The zero-order valence-electron chi connectivity index (χ0n) is 15.7. The Hall–Kier alpha value is -2.54. The highest BCUT2D eigenvalue weighted by atomic mass is 16.5. The van der Waals surface area contributed by atoms with Crippen LogP contribution in [-0.4, -0.2) is 68.4 Å². The summed E-state index contributed by atoms with van der Waals surface area (Å²) in [4.78, 5) is 13.7. The van der Waals surface area contributed by atoms with E-state index in [1.54, 1.807) is 7.11 Å². The molecule has 0 unspecified atom stereocenters. The van der Waals surface area contributed by atoms with Crippen molar-refractivity contribution in [2.24, 2.45) is 0 Å². The summed E-state index contributed by atoms with van der Waals surface area (Å²) in [6.07, 6.45) is 0. The summed E-state index contributed by atoms with van der Waals surface area (Å²) in [7, 11) is 3.80. The van der Waals surface area contributed by atoms with Gasteiger partial charge in [0.05, 0.1) is 13.7 Å². The van der Waals surface area contributed by atoms with E-state index in [2.05, 4.69) is 32.1 Å². The number of hydrogen-bond donors (Lipinski definition) is 1. The summed E-state index contributed by atoms with van der Waals surface area (Å²) < 4.78 is 10.9. The topological polar surface area (TPSA) is 62.8 Å². The molecule has 2 aromatic rings.